The van der Waals surface area contributed by atoms with Gasteiger partial charge in [0, 0.05) is 13.5 Å². The van der Waals surface area contributed by atoms with Gasteiger partial charge in [0.2, 0.25) is 0 Å². The first-order valence-corrected chi connectivity index (χ1v) is 7.48. The highest BCUT2D eigenvalue weighted by Gasteiger charge is 2.30. The Morgan fingerprint density at radius 2 is 1.83 bits per heavy atom. The van der Waals surface area contributed by atoms with E-state index >= 15 is 0 Å². The number of ether oxygens (including phenoxy) is 2. The Hall–Kier alpha value is -0.570. The van der Waals surface area contributed by atoms with Crippen LogP contribution in [0.4, 0.5) is 0 Å². The molecule has 1 unspecified atom stereocenters. The summed E-state index contributed by atoms with van der Waals surface area (Å²) in [5.41, 5.74) is 0. The zero-order valence-electron chi connectivity index (χ0n) is 12.0. The van der Waals surface area contributed by atoms with Crippen molar-refractivity contribution in [1.29, 1.82) is 0 Å². The highest BCUT2D eigenvalue weighted by atomic mass is 16.6. The van der Waals surface area contributed by atoms with Gasteiger partial charge in [-0.25, -0.2) is 0 Å². The molecule has 0 aromatic carbocycles. The van der Waals surface area contributed by atoms with Crippen molar-refractivity contribution in [1.82, 2.24) is 0 Å². The van der Waals surface area contributed by atoms with Crippen LogP contribution in [-0.2, 0) is 14.3 Å². The second-order valence-corrected chi connectivity index (χ2v) is 5.32. The minimum Gasteiger partial charge on any atom is -0.462 e. The Kier molecular flexibility index (Phi) is 8.06. The zero-order valence-corrected chi connectivity index (χ0v) is 12.0. The normalized spacial score (nSPS) is 20.3. The van der Waals surface area contributed by atoms with Crippen molar-refractivity contribution in [2.45, 2.75) is 83.3 Å². The lowest BCUT2D eigenvalue weighted by Gasteiger charge is -2.28. The van der Waals surface area contributed by atoms with E-state index in [0.717, 1.165) is 12.8 Å². The van der Waals surface area contributed by atoms with Crippen LogP contribution in [-0.4, -0.2) is 25.3 Å². The molecule has 0 aromatic rings. The van der Waals surface area contributed by atoms with Crippen molar-refractivity contribution in [2.24, 2.45) is 0 Å². The van der Waals surface area contributed by atoms with Gasteiger partial charge >= 0.3 is 5.97 Å². The number of unbranched alkanes of at least 4 members (excludes halogenated alkanes) is 6. The Balaban J connectivity index is 1.93. The zero-order chi connectivity index (χ0) is 13.2. The Labute approximate surface area is 111 Å². The Bertz CT molecular complexity index is 220. The molecule has 0 spiro atoms. The molecule has 3 nitrogen and oxygen atoms in total. The summed E-state index contributed by atoms with van der Waals surface area (Å²) in [5, 5.41) is 0. The van der Waals surface area contributed by atoms with E-state index in [0.29, 0.717) is 6.42 Å². The SMILES string of the molecule is CCCCCCCCCC(C[C@H]1CC(=O)O1)OC. The van der Waals surface area contributed by atoms with Crippen molar-refractivity contribution >= 4 is 5.97 Å². The summed E-state index contributed by atoms with van der Waals surface area (Å²) >= 11 is 0. The molecule has 0 radical (unpaired) electrons. The summed E-state index contributed by atoms with van der Waals surface area (Å²) < 4.78 is 10.5. The number of carbonyl (C=O) groups is 1. The van der Waals surface area contributed by atoms with E-state index in [1.54, 1.807) is 7.11 Å². The van der Waals surface area contributed by atoms with E-state index in [2.05, 4.69) is 6.92 Å². The molecule has 1 aliphatic heterocycles. The number of carbonyl (C=O) groups excluding carboxylic acids is 1. The molecule has 0 aliphatic carbocycles. The van der Waals surface area contributed by atoms with Crippen LogP contribution in [0.2, 0.25) is 0 Å². The van der Waals surface area contributed by atoms with Crippen molar-refractivity contribution in [3.05, 3.63) is 0 Å². The number of methoxy groups -OCH3 is 1. The molecule has 2 atom stereocenters. The molecule has 106 valence electrons. The molecule has 1 saturated heterocycles. The predicted octanol–water partition coefficient (Wildman–Crippen LogP) is 3.85. The number of esters is 1. The summed E-state index contributed by atoms with van der Waals surface area (Å²) in [6.07, 6.45) is 12.2. The van der Waals surface area contributed by atoms with Crippen LogP contribution < -0.4 is 0 Å². The fourth-order valence-electron chi connectivity index (χ4n) is 2.45. The standard InChI is InChI=1S/C15H28O3/c1-3-4-5-6-7-8-9-10-13(17-2)11-14-12-15(16)18-14/h13-14H,3-12H2,1-2H3/t13?,14-/m0/s1. The number of hydrogen-bond acceptors (Lipinski definition) is 3. The van der Waals surface area contributed by atoms with Crippen molar-refractivity contribution in [3.63, 3.8) is 0 Å². The first-order valence-electron chi connectivity index (χ1n) is 7.48. The second kappa shape index (κ2) is 9.37. The Morgan fingerprint density at radius 3 is 2.39 bits per heavy atom. The fourth-order valence-corrected chi connectivity index (χ4v) is 2.45. The molecule has 0 saturated carbocycles. The van der Waals surface area contributed by atoms with Gasteiger partial charge in [-0.2, -0.15) is 0 Å². The third-order valence-corrected chi connectivity index (χ3v) is 3.68. The molecule has 0 amide bonds. The average Bonchev–Trinajstić information content (AvgIpc) is 2.34. The smallest absolute Gasteiger partial charge is 0.309 e. The third-order valence-electron chi connectivity index (χ3n) is 3.68. The van der Waals surface area contributed by atoms with Gasteiger partial charge in [-0.15, -0.1) is 0 Å². The van der Waals surface area contributed by atoms with E-state index in [9.17, 15) is 4.79 Å². The van der Waals surface area contributed by atoms with Gasteiger partial charge in [-0.05, 0) is 6.42 Å². The molecular weight excluding hydrogens is 228 g/mol. The molecule has 1 rings (SSSR count). The highest BCUT2D eigenvalue weighted by molar-refractivity contribution is 5.75. The molecule has 18 heavy (non-hydrogen) atoms. The van der Waals surface area contributed by atoms with Gasteiger partial charge in [0.15, 0.2) is 0 Å². The van der Waals surface area contributed by atoms with E-state index in [1.165, 1.54) is 44.9 Å². The van der Waals surface area contributed by atoms with Crippen LogP contribution >= 0.6 is 0 Å². The molecule has 1 aliphatic rings. The van der Waals surface area contributed by atoms with Crippen molar-refractivity contribution in [3.8, 4) is 0 Å². The van der Waals surface area contributed by atoms with Gasteiger partial charge in [0.1, 0.15) is 6.10 Å². The summed E-state index contributed by atoms with van der Waals surface area (Å²) in [4.78, 5) is 10.7. The fraction of sp³-hybridized carbons (Fsp3) is 0.933. The maximum Gasteiger partial charge on any atom is 0.309 e. The minimum absolute atomic E-state index is 0.0641. The van der Waals surface area contributed by atoms with E-state index in [-0.39, 0.29) is 18.2 Å². The van der Waals surface area contributed by atoms with Crippen LogP contribution in [0.1, 0.15) is 71.1 Å². The number of rotatable bonds is 11. The molecule has 0 bridgehead atoms. The van der Waals surface area contributed by atoms with Gasteiger partial charge < -0.3 is 9.47 Å². The predicted molar refractivity (Wildman–Crippen MR) is 72.5 cm³/mol. The van der Waals surface area contributed by atoms with Crippen molar-refractivity contribution in [2.75, 3.05) is 7.11 Å². The van der Waals surface area contributed by atoms with Crippen LogP contribution in [0.5, 0.6) is 0 Å². The largest absolute Gasteiger partial charge is 0.462 e. The van der Waals surface area contributed by atoms with Crippen LogP contribution in [0.15, 0.2) is 0 Å². The van der Waals surface area contributed by atoms with Gasteiger partial charge in [-0.3, -0.25) is 4.79 Å². The molecule has 1 fully saturated rings. The van der Waals surface area contributed by atoms with Crippen LogP contribution in [0.25, 0.3) is 0 Å². The Morgan fingerprint density at radius 1 is 1.22 bits per heavy atom. The topological polar surface area (TPSA) is 35.5 Å². The van der Waals surface area contributed by atoms with Crippen molar-refractivity contribution < 1.29 is 14.3 Å². The number of cyclic esters (lactones) is 1. The van der Waals surface area contributed by atoms with Crippen LogP contribution in [0.3, 0.4) is 0 Å². The quantitative estimate of drug-likeness (QED) is 0.416. The van der Waals surface area contributed by atoms with E-state index in [1.807, 2.05) is 0 Å². The van der Waals surface area contributed by atoms with Gasteiger partial charge in [0.05, 0.1) is 12.5 Å². The highest BCUT2D eigenvalue weighted by Crippen LogP contribution is 2.22. The van der Waals surface area contributed by atoms with Crippen LogP contribution in [0, 0.1) is 0 Å². The summed E-state index contributed by atoms with van der Waals surface area (Å²) in [6.45, 7) is 2.25. The second-order valence-electron chi connectivity index (χ2n) is 5.32. The minimum atomic E-state index is -0.0641. The average molecular weight is 256 g/mol. The lowest BCUT2D eigenvalue weighted by molar-refractivity contribution is -0.172. The monoisotopic (exact) mass is 256 g/mol. The summed E-state index contributed by atoms with van der Waals surface area (Å²) in [7, 11) is 1.76. The molecule has 3 heteroatoms. The maximum atomic E-state index is 10.7. The molecule has 0 N–H and O–H groups in total. The van der Waals surface area contributed by atoms with Gasteiger partial charge in [-0.1, -0.05) is 51.9 Å². The third kappa shape index (κ3) is 6.39. The first-order chi connectivity index (χ1) is 8.76. The first kappa shape index (κ1) is 15.5. The van der Waals surface area contributed by atoms with E-state index < -0.39 is 0 Å². The lowest BCUT2D eigenvalue weighted by atomic mass is 10.00. The molecule has 1 heterocycles. The molecule has 0 aromatic heterocycles. The number of hydrogen-bond donors (Lipinski definition) is 0. The molecular formula is C15H28O3. The van der Waals surface area contributed by atoms with Gasteiger partial charge in [0.25, 0.3) is 0 Å². The van der Waals surface area contributed by atoms with E-state index in [4.69, 9.17) is 9.47 Å². The maximum absolute atomic E-state index is 10.7. The summed E-state index contributed by atoms with van der Waals surface area (Å²) in [5.74, 6) is -0.0641. The summed E-state index contributed by atoms with van der Waals surface area (Å²) in [6, 6.07) is 0. The lowest BCUT2D eigenvalue weighted by Crippen LogP contribution is -2.36.